The minimum Gasteiger partial charge on any atom is -0.449 e. The standard InChI is InChI=1S/C10H8ClN3O4/c1-2-18-10(15)13-8-4-3-6(14(16)17)5-7(8)12-9(13)11/h3-5H,2H2,1H3. The second-order valence-electron chi connectivity index (χ2n) is 3.35. The summed E-state index contributed by atoms with van der Waals surface area (Å²) >= 11 is 5.81. The number of nitro benzene ring substituents is 1. The van der Waals surface area contributed by atoms with Crippen LogP contribution in [0.4, 0.5) is 10.5 Å². The average molecular weight is 270 g/mol. The maximum atomic E-state index is 11.6. The number of fused-ring (bicyclic) bond motifs is 1. The predicted octanol–water partition coefficient (Wildman–Crippen LogP) is 2.60. The Hall–Kier alpha value is -2.15. The number of imidazole rings is 1. The summed E-state index contributed by atoms with van der Waals surface area (Å²) in [6, 6.07) is 3.93. The highest BCUT2D eigenvalue weighted by Gasteiger charge is 2.18. The zero-order valence-electron chi connectivity index (χ0n) is 9.29. The van der Waals surface area contributed by atoms with Gasteiger partial charge in [-0.15, -0.1) is 0 Å². The molecule has 0 saturated heterocycles. The molecule has 0 unspecified atom stereocenters. The fourth-order valence-electron chi connectivity index (χ4n) is 1.51. The fraction of sp³-hybridized carbons (Fsp3) is 0.200. The highest BCUT2D eigenvalue weighted by Crippen LogP contribution is 2.24. The van der Waals surface area contributed by atoms with Crippen molar-refractivity contribution in [2.75, 3.05) is 6.61 Å². The maximum Gasteiger partial charge on any atom is 0.420 e. The monoisotopic (exact) mass is 269 g/mol. The van der Waals surface area contributed by atoms with Crippen LogP contribution in [0, 0.1) is 10.1 Å². The van der Waals surface area contributed by atoms with Gasteiger partial charge in [-0.05, 0) is 24.6 Å². The van der Waals surface area contributed by atoms with E-state index in [9.17, 15) is 14.9 Å². The highest BCUT2D eigenvalue weighted by atomic mass is 35.5. The van der Waals surface area contributed by atoms with Crippen LogP contribution in [0.3, 0.4) is 0 Å². The molecule has 0 amide bonds. The van der Waals surface area contributed by atoms with E-state index in [0.717, 1.165) is 4.57 Å². The van der Waals surface area contributed by atoms with Crippen molar-refractivity contribution in [1.29, 1.82) is 0 Å². The number of halogens is 1. The van der Waals surface area contributed by atoms with E-state index in [-0.39, 0.29) is 23.1 Å². The first-order valence-corrected chi connectivity index (χ1v) is 5.42. The lowest BCUT2D eigenvalue weighted by Gasteiger charge is -2.03. The van der Waals surface area contributed by atoms with Crippen LogP contribution in [0.15, 0.2) is 18.2 Å². The summed E-state index contributed by atoms with van der Waals surface area (Å²) in [5, 5.41) is 10.5. The van der Waals surface area contributed by atoms with Gasteiger partial charge < -0.3 is 4.74 Å². The van der Waals surface area contributed by atoms with Gasteiger partial charge in [0.05, 0.1) is 22.6 Å². The number of aromatic nitrogens is 2. The molecular weight excluding hydrogens is 262 g/mol. The number of nitro groups is 1. The summed E-state index contributed by atoms with van der Waals surface area (Å²) in [5.74, 6) is 0. The van der Waals surface area contributed by atoms with Crippen molar-refractivity contribution in [3.8, 4) is 0 Å². The molecule has 94 valence electrons. The number of hydrogen-bond acceptors (Lipinski definition) is 5. The van der Waals surface area contributed by atoms with Crippen LogP contribution in [0.2, 0.25) is 5.28 Å². The molecular formula is C10H8ClN3O4. The van der Waals surface area contributed by atoms with Crippen molar-refractivity contribution in [2.24, 2.45) is 0 Å². The van der Waals surface area contributed by atoms with Crippen LogP contribution in [-0.4, -0.2) is 27.2 Å². The number of benzene rings is 1. The van der Waals surface area contributed by atoms with E-state index in [0.29, 0.717) is 5.52 Å². The zero-order valence-corrected chi connectivity index (χ0v) is 10.0. The van der Waals surface area contributed by atoms with Crippen molar-refractivity contribution >= 4 is 34.4 Å². The first kappa shape index (κ1) is 12.3. The molecule has 1 heterocycles. The Kier molecular flexibility index (Phi) is 3.15. The highest BCUT2D eigenvalue weighted by molar-refractivity contribution is 6.30. The number of carbonyl (C=O) groups is 1. The van der Waals surface area contributed by atoms with Crippen molar-refractivity contribution in [3.63, 3.8) is 0 Å². The SMILES string of the molecule is CCOC(=O)n1c(Cl)nc2cc([N+](=O)[O-])ccc21. The summed E-state index contributed by atoms with van der Waals surface area (Å²) < 4.78 is 5.88. The van der Waals surface area contributed by atoms with Gasteiger partial charge in [0.2, 0.25) is 5.28 Å². The maximum absolute atomic E-state index is 11.6. The second-order valence-corrected chi connectivity index (χ2v) is 3.68. The van der Waals surface area contributed by atoms with E-state index in [2.05, 4.69) is 4.98 Å². The van der Waals surface area contributed by atoms with E-state index in [1.807, 2.05) is 0 Å². The third-order valence-corrected chi connectivity index (χ3v) is 2.51. The van der Waals surface area contributed by atoms with Crippen LogP contribution in [0.5, 0.6) is 0 Å². The largest absolute Gasteiger partial charge is 0.449 e. The summed E-state index contributed by atoms with van der Waals surface area (Å²) in [6.45, 7) is 1.86. The Morgan fingerprint density at radius 3 is 2.94 bits per heavy atom. The van der Waals surface area contributed by atoms with Gasteiger partial charge in [0.25, 0.3) is 5.69 Å². The fourth-order valence-corrected chi connectivity index (χ4v) is 1.77. The summed E-state index contributed by atoms with van der Waals surface area (Å²) in [5.41, 5.74) is 0.513. The lowest BCUT2D eigenvalue weighted by atomic mass is 10.3. The van der Waals surface area contributed by atoms with Gasteiger partial charge >= 0.3 is 6.09 Å². The molecule has 2 aromatic rings. The third-order valence-electron chi connectivity index (χ3n) is 2.26. The number of non-ortho nitro benzene ring substituents is 1. The molecule has 0 aliphatic carbocycles. The topological polar surface area (TPSA) is 87.3 Å². The molecule has 1 aromatic carbocycles. The van der Waals surface area contributed by atoms with Crippen molar-refractivity contribution < 1.29 is 14.5 Å². The predicted molar refractivity (Wildman–Crippen MR) is 63.8 cm³/mol. The molecule has 0 saturated carbocycles. The van der Waals surface area contributed by atoms with Crippen LogP contribution in [0.1, 0.15) is 6.92 Å². The van der Waals surface area contributed by atoms with E-state index in [1.165, 1.54) is 18.2 Å². The van der Waals surface area contributed by atoms with Crippen LogP contribution in [0.25, 0.3) is 11.0 Å². The summed E-state index contributed by atoms with van der Waals surface area (Å²) in [6.07, 6.45) is -0.668. The number of rotatable bonds is 2. The van der Waals surface area contributed by atoms with Crippen molar-refractivity contribution in [3.05, 3.63) is 33.6 Å². The number of nitrogens with zero attached hydrogens (tertiary/aromatic N) is 3. The van der Waals surface area contributed by atoms with Crippen LogP contribution < -0.4 is 0 Å². The Bertz CT molecular complexity index is 637. The van der Waals surface area contributed by atoms with E-state index >= 15 is 0 Å². The molecule has 2 rings (SSSR count). The molecule has 7 nitrogen and oxygen atoms in total. The Morgan fingerprint density at radius 1 is 1.61 bits per heavy atom. The number of ether oxygens (including phenoxy) is 1. The van der Waals surface area contributed by atoms with Gasteiger partial charge in [0.1, 0.15) is 0 Å². The summed E-state index contributed by atoms with van der Waals surface area (Å²) in [4.78, 5) is 25.6. The number of carbonyl (C=O) groups excluding carboxylic acids is 1. The molecule has 0 aliphatic rings. The quantitative estimate of drug-likeness (QED) is 0.618. The van der Waals surface area contributed by atoms with Gasteiger partial charge in [-0.2, -0.15) is 0 Å². The third kappa shape index (κ3) is 2.00. The number of hydrogen-bond donors (Lipinski definition) is 0. The second kappa shape index (κ2) is 4.61. The minimum atomic E-state index is -0.668. The van der Waals surface area contributed by atoms with Crippen molar-refractivity contribution in [2.45, 2.75) is 6.92 Å². The van der Waals surface area contributed by atoms with E-state index in [4.69, 9.17) is 16.3 Å². The molecule has 18 heavy (non-hydrogen) atoms. The molecule has 0 fully saturated rings. The zero-order chi connectivity index (χ0) is 13.3. The van der Waals surface area contributed by atoms with E-state index in [1.54, 1.807) is 6.92 Å². The lowest BCUT2D eigenvalue weighted by Crippen LogP contribution is -2.13. The Morgan fingerprint density at radius 2 is 2.33 bits per heavy atom. The molecule has 0 spiro atoms. The van der Waals surface area contributed by atoms with Crippen molar-refractivity contribution in [1.82, 2.24) is 9.55 Å². The first-order chi connectivity index (χ1) is 8.54. The Labute approximate surface area is 106 Å². The van der Waals surface area contributed by atoms with Gasteiger partial charge in [-0.3, -0.25) is 10.1 Å². The molecule has 0 N–H and O–H groups in total. The Balaban J connectivity index is 2.59. The molecule has 0 bridgehead atoms. The van der Waals surface area contributed by atoms with Crippen LogP contribution in [-0.2, 0) is 4.74 Å². The molecule has 0 radical (unpaired) electrons. The molecule has 0 aliphatic heterocycles. The molecule has 8 heteroatoms. The average Bonchev–Trinajstić information content (AvgIpc) is 2.63. The van der Waals surface area contributed by atoms with Gasteiger partial charge in [-0.25, -0.2) is 14.3 Å². The van der Waals surface area contributed by atoms with Crippen LogP contribution >= 0.6 is 11.6 Å². The van der Waals surface area contributed by atoms with Gasteiger partial charge in [0.15, 0.2) is 0 Å². The van der Waals surface area contributed by atoms with Gasteiger partial charge in [-0.1, -0.05) is 0 Å². The normalized spacial score (nSPS) is 10.6. The smallest absolute Gasteiger partial charge is 0.420 e. The minimum absolute atomic E-state index is 0.0936. The molecule has 1 aromatic heterocycles. The lowest BCUT2D eigenvalue weighted by molar-refractivity contribution is -0.384. The van der Waals surface area contributed by atoms with E-state index < -0.39 is 11.0 Å². The molecule has 0 atom stereocenters. The summed E-state index contributed by atoms with van der Waals surface area (Å²) in [7, 11) is 0. The first-order valence-electron chi connectivity index (χ1n) is 5.04. The van der Waals surface area contributed by atoms with Gasteiger partial charge in [0, 0.05) is 12.1 Å².